The van der Waals surface area contributed by atoms with Crippen molar-refractivity contribution in [3.05, 3.63) is 55.7 Å². The van der Waals surface area contributed by atoms with Gasteiger partial charge < -0.3 is 4.74 Å². The Balaban J connectivity index is 2.11. The molecule has 0 unspecified atom stereocenters. The van der Waals surface area contributed by atoms with Gasteiger partial charge in [-0.3, -0.25) is 9.69 Å². The average molecular weight is 392 g/mol. The minimum absolute atomic E-state index is 0.308. The van der Waals surface area contributed by atoms with Crippen LogP contribution in [0.3, 0.4) is 0 Å². The van der Waals surface area contributed by atoms with E-state index >= 15 is 0 Å². The molecule has 0 spiro atoms. The van der Waals surface area contributed by atoms with Gasteiger partial charge in [-0.05, 0) is 69.0 Å². The summed E-state index contributed by atoms with van der Waals surface area (Å²) in [6.07, 6.45) is 1.23. The standard InChI is InChI=1S/C20H22ClNO3S/c1-12-16(10-15(11-23)26-12)18-17-9-14(21)6-5-13(17)7-8-22(18)19(24)25-20(2,3)4/h5-6,9-11,18H,7-8H2,1-4H3/t18-/m0/s1. The molecule has 0 fully saturated rings. The maximum Gasteiger partial charge on any atom is 0.411 e. The molecule has 0 radical (unpaired) electrons. The van der Waals surface area contributed by atoms with Crippen LogP contribution >= 0.6 is 22.9 Å². The number of fused-ring (bicyclic) bond motifs is 1. The Morgan fingerprint density at radius 1 is 1.31 bits per heavy atom. The molecular formula is C20H22ClNO3S. The van der Waals surface area contributed by atoms with Crippen LogP contribution in [0.15, 0.2) is 24.3 Å². The number of hydrogen-bond donors (Lipinski definition) is 0. The molecular weight excluding hydrogens is 370 g/mol. The van der Waals surface area contributed by atoms with Gasteiger partial charge in [0, 0.05) is 16.4 Å². The third-order valence-corrected chi connectivity index (χ3v) is 5.58. The number of halogens is 1. The minimum Gasteiger partial charge on any atom is -0.444 e. The highest BCUT2D eigenvalue weighted by Gasteiger charge is 2.36. The first-order valence-electron chi connectivity index (χ1n) is 8.53. The molecule has 1 aromatic heterocycles. The first-order chi connectivity index (χ1) is 12.2. The van der Waals surface area contributed by atoms with Crippen LogP contribution in [0.2, 0.25) is 5.02 Å². The quantitative estimate of drug-likeness (QED) is 0.643. The normalized spacial score (nSPS) is 17.0. The number of amides is 1. The summed E-state index contributed by atoms with van der Waals surface area (Å²) in [5.74, 6) is 0. The fourth-order valence-corrected chi connectivity index (χ4v) is 4.34. The Labute approximate surface area is 162 Å². The topological polar surface area (TPSA) is 46.6 Å². The number of thiophene rings is 1. The van der Waals surface area contributed by atoms with Gasteiger partial charge in [-0.1, -0.05) is 17.7 Å². The van der Waals surface area contributed by atoms with Crippen LogP contribution in [0.1, 0.15) is 58.1 Å². The van der Waals surface area contributed by atoms with Crippen LogP contribution in [-0.4, -0.2) is 29.4 Å². The van der Waals surface area contributed by atoms with Crippen LogP contribution in [0.25, 0.3) is 0 Å². The zero-order chi connectivity index (χ0) is 19.1. The Hall–Kier alpha value is -1.85. The molecule has 0 N–H and O–H groups in total. The second-order valence-electron chi connectivity index (χ2n) is 7.45. The van der Waals surface area contributed by atoms with Crippen molar-refractivity contribution < 1.29 is 14.3 Å². The fraction of sp³-hybridized carbons (Fsp3) is 0.400. The van der Waals surface area contributed by atoms with Gasteiger partial charge in [-0.15, -0.1) is 11.3 Å². The molecule has 1 atom stereocenters. The van der Waals surface area contributed by atoms with Gasteiger partial charge in [-0.25, -0.2) is 4.79 Å². The number of carbonyl (C=O) groups is 2. The van der Waals surface area contributed by atoms with Crippen molar-refractivity contribution in [2.45, 2.75) is 45.8 Å². The first-order valence-corrected chi connectivity index (χ1v) is 9.72. The highest BCUT2D eigenvalue weighted by atomic mass is 35.5. The second kappa shape index (κ2) is 7.05. The molecule has 0 bridgehead atoms. The number of rotatable bonds is 2. The monoisotopic (exact) mass is 391 g/mol. The van der Waals surface area contributed by atoms with E-state index in [4.69, 9.17) is 16.3 Å². The van der Waals surface area contributed by atoms with Gasteiger partial charge in [0.15, 0.2) is 6.29 Å². The van der Waals surface area contributed by atoms with Crippen LogP contribution in [0.5, 0.6) is 0 Å². The molecule has 1 aliphatic rings. The maximum absolute atomic E-state index is 12.9. The minimum atomic E-state index is -0.576. The summed E-state index contributed by atoms with van der Waals surface area (Å²) in [5, 5.41) is 0.628. The third-order valence-electron chi connectivity index (χ3n) is 4.35. The predicted octanol–water partition coefficient (Wildman–Crippen LogP) is 5.41. The Kier molecular flexibility index (Phi) is 5.13. The molecule has 138 valence electrons. The number of hydrogen-bond acceptors (Lipinski definition) is 4. The van der Waals surface area contributed by atoms with Gasteiger partial charge in [0.2, 0.25) is 0 Å². The predicted molar refractivity (Wildman–Crippen MR) is 104 cm³/mol. The van der Waals surface area contributed by atoms with Crippen molar-refractivity contribution in [2.24, 2.45) is 0 Å². The van der Waals surface area contributed by atoms with Crippen molar-refractivity contribution in [3.8, 4) is 0 Å². The molecule has 2 heterocycles. The number of aldehydes is 1. The average Bonchev–Trinajstić information content (AvgIpc) is 2.92. The van der Waals surface area contributed by atoms with E-state index < -0.39 is 5.60 Å². The summed E-state index contributed by atoms with van der Waals surface area (Å²) in [4.78, 5) is 27.5. The van der Waals surface area contributed by atoms with E-state index in [1.807, 2.05) is 52.0 Å². The highest BCUT2D eigenvalue weighted by molar-refractivity contribution is 7.13. The molecule has 4 nitrogen and oxygen atoms in total. The van der Waals surface area contributed by atoms with Crippen molar-refractivity contribution in [1.82, 2.24) is 4.90 Å². The van der Waals surface area contributed by atoms with Crippen LogP contribution in [0, 0.1) is 6.92 Å². The summed E-state index contributed by atoms with van der Waals surface area (Å²) in [5.41, 5.74) is 2.53. The van der Waals surface area contributed by atoms with E-state index in [9.17, 15) is 9.59 Å². The van der Waals surface area contributed by atoms with Crippen molar-refractivity contribution in [3.63, 3.8) is 0 Å². The molecule has 1 amide bonds. The number of nitrogens with zero attached hydrogens (tertiary/aromatic N) is 1. The summed E-state index contributed by atoms with van der Waals surface area (Å²) >= 11 is 7.68. The third kappa shape index (κ3) is 3.79. The zero-order valence-electron chi connectivity index (χ0n) is 15.3. The molecule has 0 saturated carbocycles. The van der Waals surface area contributed by atoms with E-state index in [1.54, 1.807) is 4.90 Å². The lowest BCUT2D eigenvalue weighted by molar-refractivity contribution is 0.0178. The van der Waals surface area contributed by atoms with Gasteiger partial charge in [0.05, 0.1) is 10.9 Å². The highest BCUT2D eigenvalue weighted by Crippen LogP contribution is 2.40. The largest absolute Gasteiger partial charge is 0.444 e. The Morgan fingerprint density at radius 3 is 2.65 bits per heavy atom. The molecule has 2 aromatic rings. The van der Waals surface area contributed by atoms with Crippen LogP contribution in [-0.2, 0) is 11.2 Å². The van der Waals surface area contributed by atoms with E-state index in [0.29, 0.717) is 16.4 Å². The maximum atomic E-state index is 12.9. The van der Waals surface area contributed by atoms with Crippen molar-refractivity contribution in [1.29, 1.82) is 0 Å². The van der Waals surface area contributed by atoms with E-state index in [2.05, 4.69) is 0 Å². The molecule has 1 aromatic carbocycles. The van der Waals surface area contributed by atoms with Crippen molar-refractivity contribution in [2.75, 3.05) is 6.54 Å². The van der Waals surface area contributed by atoms with E-state index in [1.165, 1.54) is 11.3 Å². The molecule has 26 heavy (non-hydrogen) atoms. The number of aryl methyl sites for hydroxylation is 1. The molecule has 0 aliphatic carbocycles. The molecule has 1 aliphatic heterocycles. The van der Waals surface area contributed by atoms with Gasteiger partial charge in [0.1, 0.15) is 5.60 Å². The van der Waals surface area contributed by atoms with Gasteiger partial charge in [-0.2, -0.15) is 0 Å². The van der Waals surface area contributed by atoms with Crippen molar-refractivity contribution >= 4 is 35.3 Å². The molecule has 0 saturated heterocycles. The SMILES string of the molecule is Cc1sc(C=O)cc1[C@H]1c2cc(Cl)ccc2CCN1C(=O)OC(C)(C)C. The first kappa shape index (κ1) is 18.9. The summed E-state index contributed by atoms with van der Waals surface area (Å²) < 4.78 is 5.64. The zero-order valence-corrected chi connectivity index (χ0v) is 16.9. The number of carbonyl (C=O) groups excluding carboxylic acids is 2. The Bertz CT molecular complexity index is 853. The number of ether oxygens (including phenoxy) is 1. The van der Waals surface area contributed by atoms with E-state index in [0.717, 1.165) is 34.3 Å². The second-order valence-corrected chi connectivity index (χ2v) is 9.17. The Morgan fingerprint density at radius 2 is 2.04 bits per heavy atom. The fourth-order valence-electron chi connectivity index (χ4n) is 3.29. The lowest BCUT2D eigenvalue weighted by Gasteiger charge is -2.38. The number of benzene rings is 1. The smallest absolute Gasteiger partial charge is 0.411 e. The van der Waals surface area contributed by atoms with Crippen LogP contribution in [0.4, 0.5) is 4.79 Å². The summed E-state index contributed by atoms with van der Waals surface area (Å²) in [6.45, 7) is 8.10. The lowest BCUT2D eigenvalue weighted by Crippen LogP contribution is -2.43. The van der Waals surface area contributed by atoms with E-state index in [-0.39, 0.29) is 12.1 Å². The molecule has 3 rings (SSSR count). The van der Waals surface area contributed by atoms with Crippen LogP contribution < -0.4 is 0 Å². The van der Waals surface area contributed by atoms with Gasteiger partial charge >= 0.3 is 6.09 Å². The summed E-state index contributed by atoms with van der Waals surface area (Å²) in [6, 6.07) is 7.36. The molecule has 6 heteroatoms. The van der Waals surface area contributed by atoms with Gasteiger partial charge in [0.25, 0.3) is 0 Å². The lowest BCUT2D eigenvalue weighted by atomic mass is 9.88. The summed E-state index contributed by atoms with van der Waals surface area (Å²) in [7, 11) is 0.